The van der Waals surface area contributed by atoms with Gasteiger partial charge in [0.05, 0.1) is 6.61 Å². The number of carbonyl (C=O) groups is 2. The van der Waals surface area contributed by atoms with Crippen LogP contribution in [0.25, 0.3) is 0 Å². The third-order valence-electron chi connectivity index (χ3n) is 2.63. The van der Waals surface area contributed by atoms with Crippen LogP contribution in [-0.4, -0.2) is 18.4 Å². The molecule has 0 unspecified atom stereocenters. The first-order valence-corrected chi connectivity index (χ1v) is 6.61. The number of unbranched alkanes of at least 4 members (excludes halogenated alkanes) is 2. The number of carbonyl (C=O) groups excluding carboxylic acids is 2. The van der Waals surface area contributed by atoms with Crippen molar-refractivity contribution in [1.29, 1.82) is 0 Å². The maximum absolute atomic E-state index is 10.9. The molecule has 0 bridgehead atoms. The van der Waals surface area contributed by atoms with Crippen LogP contribution >= 0.6 is 0 Å². The summed E-state index contributed by atoms with van der Waals surface area (Å²) in [4.78, 5) is 21.8. The summed E-state index contributed by atoms with van der Waals surface area (Å²) in [6.45, 7) is 2.04. The Morgan fingerprint density at radius 2 is 2.05 bits per heavy atom. The first kappa shape index (κ1) is 16.0. The van der Waals surface area contributed by atoms with E-state index in [2.05, 4.69) is 10.7 Å². The molecular formula is C14H21N3O3. The van der Waals surface area contributed by atoms with Gasteiger partial charge in [-0.25, -0.2) is 5.84 Å². The van der Waals surface area contributed by atoms with Gasteiger partial charge in [0.2, 0.25) is 11.8 Å². The molecule has 0 fully saturated rings. The summed E-state index contributed by atoms with van der Waals surface area (Å²) in [5.74, 6) is 5.45. The maximum Gasteiger partial charge on any atom is 0.233 e. The summed E-state index contributed by atoms with van der Waals surface area (Å²) in [5, 5.41) is 2.70. The van der Waals surface area contributed by atoms with Crippen LogP contribution in [0.1, 0.15) is 32.6 Å². The average molecular weight is 279 g/mol. The van der Waals surface area contributed by atoms with Gasteiger partial charge in [-0.2, -0.15) is 0 Å². The zero-order valence-corrected chi connectivity index (χ0v) is 11.6. The second-order valence-electron chi connectivity index (χ2n) is 4.44. The predicted octanol–water partition coefficient (Wildman–Crippen LogP) is 1.57. The number of hydrogen-bond donors (Lipinski definition) is 3. The van der Waals surface area contributed by atoms with Gasteiger partial charge in [-0.15, -0.1) is 0 Å². The van der Waals surface area contributed by atoms with E-state index in [1.807, 2.05) is 12.1 Å². The minimum atomic E-state index is -0.145. The van der Waals surface area contributed by atoms with E-state index in [-0.39, 0.29) is 11.8 Å². The fraction of sp³-hybridized carbons (Fsp3) is 0.429. The van der Waals surface area contributed by atoms with Crippen molar-refractivity contribution >= 4 is 17.5 Å². The molecule has 110 valence electrons. The molecule has 0 radical (unpaired) electrons. The summed E-state index contributed by atoms with van der Waals surface area (Å²) in [6.07, 6.45) is 2.99. The number of hydrazine groups is 1. The molecule has 0 aliphatic heterocycles. The highest BCUT2D eigenvalue weighted by Crippen LogP contribution is 2.17. The summed E-state index contributed by atoms with van der Waals surface area (Å²) in [7, 11) is 0. The molecule has 0 aliphatic rings. The Morgan fingerprint density at radius 1 is 1.25 bits per heavy atom. The van der Waals surface area contributed by atoms with Gasteiger partial charge in [0.15, 0.2) is 0 Å². The average Bonchev–Trinajstić information content (AvgIpc) is 2.42. The van der Waals surface area contributed by atoms with Crippen LogP contribution in [-0.2, 0) is 9.59 Å². The number of ether oxygens (including phenoxy) is 1. The Labute approximate surface area is 118 Å². The van der Waals surface area contributed by atoms with Gasteiger partial charge < -0.3 is 10.1 Å². The molecule has 1 aromatic carbocycles. The smallest absolute Gasteiger partial charge is 0.233 e. The van der Waals surface area contributed by atoms with E-state index in [4.69, 9.17) is 10.6 Å². The first-order chi connectivity index (χ1) is 9.61. The summed E-state index contributed by atoms with van der Waals surface area (Å²) < 4.78 is 5.59. The molecule has 0 aromatic heterocycles. The summed E-state index contributed by atoms with van der Waals surface area (Å²) in [6, 6.07) is 7.25. The van der Waals surface area contributed by atoms with Gasteiger partial charge in [0, 0.05) is 25.1 Å². The topological polar surface area (TPSA) is 93.4 Å². The number of nitrogens with two attached hydrogens (primary N) is 1. The highest BCUT2D eigenvalue weighted by molar-refractivity contribution is 5.88. The van der Waals surface area contributed by atoms with Crippen molar-refractivity contribution in [3.8, 4) is 5.75 Å². The third-order valence-corrected chi connectivity index (χ3v) is 2.63. The highest BCUT2D eigenvalue weighted by atomic mass is 16.5. The van der Waals surface area contributed by atoms with E-state index < -0.39 is 0 Å². The third kappa shape index (κ3) is 6.75. The molecule has 0 atom stereocenters. The molecule has 1 rings (SSSR count). The number of amides is 2. The number of rotatable bonds is 8. The fourth-order valence-corrected chi connectivity index (χ4v) is 1.69. The van der Waals surface area contributed by atoms with Crippen LogP contribution in [0.2, 0.25) is 0 Å². The molecule has 6 heteroatoms. The lowest BCUT2D eigenvalue weighted by Gasteiger charge is -2.08. The predicted molar refractivity (Wildman–Crippen MR) is 77.0 cm³/mol. The van der Waals surface area contributed by atoms with E-state index in [9.17, 15) is 9.59 Å². The normalized spacial score (nSPS) is 9.90. The minimum Gasteiger partial charge on any atom is -0.494 e. The Kier molecular flexibility index (Phi) is 7.13. The summed E-state index contributed by atoms with van der Waals surface area (Å²) in [5.41, 5.74) is 2.82. The summed E-state index contributed by atoms with van der Waals surface area (Å²) >= 11 is 0. The molecular weight excluding hydrogens is 258 g/mol. The van der Waals surface area contributed by atoms with E-state index >= 15 is 0 Å². The minimum absolute atomic E-state index is 0.111. The molecule has 0 heterocycles. The van der Waals surface area contributed by atoms with Crippen molar-refractivity contribution in [1.82, 2.24) is 5.43 Å². The van der Waals surface area contributed by atoms with E-state index in [1.54, 1.807) is 12.1 Å². The van der Waals surface area contributed by atoms with E-state index in [0.717, 1.165) is 30.7 Å². The zero-order chi connectivity index (χ0) is 14.8. The SMILES string of the molecule is CC(=O)Nc1cccc(OCCCCCC(=O)NN)c1. The van der Waals surface area contributed by atoms with Crippen LogP contribution in [0.5, 0.6) is 5.75 Å². The van der Waals surface area contributed by atoms with Gasteiger partial charge in [-0.3, -0.25) is 15.0 Å². The van der Waals surface area contributed by atoms with Crippen molar-refractivity contribution in [3.63, 3.8) is 0 Å². The quantitative estimate of drug-likeness (QED) is 0.291. The number of hydrogen-bond acceptors (Lipinski definition) is 4. The van der Waals surface area contributed by atoms with Crippen LogP contribution in [0.15, 0.2) is 24.3 Å². The number of anilines is 1. The second kappa shape index (κ2) is 8.92. The lowest BCUT2D eigenvalue weighted by molar-refractivity contribution is -0.121. The van der Waals surface area contributed by atoms with Crippen molar-refractivity contribution in [2.45, 2.75) is 32.6 Å². The molecule has 0 aliphatic carbocycles. The second-order valence-corrected chi connectivity index (χ2v) is 4.44. The van der Waals surface area contributed by atoms with Gasteiger partial charge >= 0.3 is 0 Å². The van der Waals surface area contributed by atoms with Crippen LogP contribution in [0.4, 0.5) is 5.69 Å². The molecule has 4 N–H and O–H groups in total. The van der Waals surface area contributed by atoms with Crippen LogP contribution < -0.4 is 21.3 Å². The van der Waals surface area contributed by atoms with E-state index in [1.165, 1.54) is 6.92 Å². The van der Waals surface area contributed by atoms with Crippen LogP contribution in [0, 0.1) is 0 Å². The molecule has 0 saturated carbocycles. The van der Waals surface area contributed by atoms with Crippen LogP contribution in [0.3, 0.4) is 0 Å². The molecule has 0 saturated heterocycles. The molecule has 20 heavy (non-hydrogen) atoms. The van der Waals surface area contributed by atoms with Gasteiger partial charge in [0.1, 0.15) is 5.75 Å². The maximum atomic E-state index is 10.9. The number of benzene rings is 1. The van der Waals surface area contributed by atoms with Crippen molar-refractivity contribution in [3.05, 3.63) is 24.3 Å². The van der Waals surface area contributed by atoms with E-state index in [0.29, 0.717) is 13.0 Å². The number of nitrogens with one attached hydrogen (secondary N) is 2. The standard InChI is InChI=1S/C14H21N3O3/c1-11(18)16-12-6-5-7-13(10-12)20-9-4-2-3-8-14(19)17-15/h5-7,10H,2-4,8-9,15H2,1H3,(H,16,18)(H,17,19). The van der Waals surface area contributed by atoms with Gasteiger partial charge in [-0.05, 0) is 31.4 Å². The molecule has 2 amide bonds. The first-order valence-electron chi connectivity index (χ1n) is 6.61. The fourth-order valence-electron chi connectivity index (χ4n) is 1.69. The lowest BCUT2D eigenvalue weighted by atomic mass is 10.2. The zero-order valence-electron chi connectivity index (χ0n) is 11.6. The molecule has 1 aromatic rings. The largest absolute Gasteiger partial charge is 0.494 e. The van der Waals surface area contributed by atoms with Gasteiger partial charge in [0.25, 0.3) is 0 Å². The molecule has 6 nitrogen and oxygen atoms in total. The Balaban J connectivity index is 2.21. The van der Waals surface area contributed by atoms with Crippen molar-refractivity contribution in [2.75, 3.05) is 11.9 Å². The Bertz CT molecular complexity index is 449. The Morgan fingerprint density at radius 3 is 2.75 bits per heavy atom. The van der Waals surface area contributed by atoms with Crippen molar-refractivity contribution in [2.24, 2.45) is 5.84 Å². The monoisotopic (exact) mass is 279 g/mol. The Hall–Kier alpha value is -2.08. The molecule has 0 spiro atoms. The van der Waals surface area contributed by atoms with Crippen molar-refractivity contribution < 1.29 is 14.3 Å². The lowest BCUT2D eigenvalue weighted by Crippen LogP contribution is -2.29. The highest BCUT2D eigenvalue weighted by Gasteiger charge is 2.00. The van der Waals surface area contributed by atoms with Gasteiger partial charge in [-0.1, -0.05) is 6.07 Å².